The summed E-state index contributed by atoms with van der Waals surface area (Å²) in [6.07, 6.45) is 2.37. The van der Waals surface area contributed by atoms with Gasteiger partial charge in [0.05, 0.1) is 6.42 Å². The van der Waals surface area contributed by atoms with Crippen molar-refractivity contribution >= 4 is 5.91 Å². The van der Waals surface area contributed by atoms with Gasteiger partial charge in [-0.3, -0.25) is 4.79 Å². The monoisotopic (exact) mass is 325 g/mol. The summed E-state index contributed by atoms with van der Waals surface area (Å²) in [4.78, 5) is 14.5. The third kappa shape index (κ3) is 3.88. The zero-order chi connectivity index (χ0) is 16.9. The van der Waals surface area contributed by atoms with Crippen molar-refractivity contribution in [3.8, 4) is 11.5 Å². The number of phenolic OH excluding ortho intramolecular Hbond substituents is 1. The molecule has 126 valence electrons. The van der Waals surface area contributed by atoms with E-state index in [1.807, 2.05) is 35.2 Å². The lowest BCUT2D eigenvalue weighted by Gasteiger charge is -2.22. The lowest BCUT2D eigenvalue weighted by Crippen LogP contribution is -2.34. The highest BCUT2D eigenvalue weighted by Crippen LogP contribution is 2.27. The minimum Gasteiger partial charge on any atom is -0.508 e. The van der Waals surface area contributed by atoms with Crippen LogP contribution in [0.2, 0.25) is 0 Å². The molecule has 1 aliphatic heterocycles. The molecule has 4 heteroatoms. The van der Waals surface area contributed by atoms with E-state index in [0.29, 0.717) is 18.4 Å². The minimum atomic E-state index is 0.0927. The summed E-state index contributed by atoms with van der Waals surface area (Å²) in [5.74, 6) is 0.895. The molecule has 4 nitrogen and oxygen atoms in total. The van der Waals surface area contributed by atoms with Gasteiger partial charge >= 0.3 is 0 Å². The fourth-order valence-corrected chi connectivity index (χ4v) is 3.15. The van der Waals surface area contributed by atoms with Gasteiger partial charge in [0.25, 0.3) is 0 Å². The van der Waals surface area contributed by atoms with Crippen LogP contribution in [0.15, 0.2) is 48.5 Å². The van der Waals surface area contributed by atoms with Crippen LogP contribution in [0.5, 0.6) is 11.5 Å². The van der Waals surface area contributed by atoms with Gasteiger partial charge < -0.3 is 14.7 Å². The first-order valence-electron chi connectivity index (χ1n) is 8.41. The standard InChI is InChI=1S/C20H23NO3/c1-15-6-5-11-21(15)20(23)13-17-12-18(22)9-10-19(17)24-14-16-7-3-2-4-8-16/h2-4,7-10,12,15,22H,5-6,11,13-14H2,1H3/t15-/m1/s1. The Hall–Kier alpha value is -2.49. The van der Waals surface area contributed by atoms with Crippen LogP contribution < -0.4 is 4.74 Å². The van der Waals surface area contributed by atoms with E-state index in [4.69, 9.17) is 4.74 Å². The Morgan fingerprint density at radius 3 is 2.75 bits per heavy atom. The largest absolute Gasteiger partial charge is 0.508 e. The van der Waals surface area contributed by atoms with Crippen molar-refractivity contribution in [1.29, 1.82) is 0 Å². The van der Waals surface area contributed by atoms with Gasteiger partial charge in [-0.1, -0.05) is 30.3 Å². The lowest BCUT2D eigenvalue weighted by atomic mass is 10.1. The van der Waals surface area contributed by atoms with Gasteiger partial charge in [0, 0.05) is 18.2 Å². The molecule has 2 aromatic rings. The summed E-state index contributed by atoms with van der Waals surface area (Å²) in [5, 5.41) is 9.77. The number of hydrogen-bond acceptors (Lipinski definition) is 3. The van der Waals surface area contributed by atoms with E-state index >= 15 is 0 Å². The number of amides is 1. The number of benzene rings is 2. The second-order valence-electron chi connectivity index (χ2n) is 6.32. The van der Waals surface area contributed by atoms with E-state index in [2.05, 4.69) is 6.92 Å². The fourth-order valence-electron chi connectivity index (χ4n) is 3.15. The molecule has 0 radical (unpaired) electrons. The number of carbonyl (C=O) groups excluding carboxylic acids is 1. The van der Waals surface area contributed by atoms with Crippen LogP contribution in [-0.4, -0.2) is 28.5 Å². The summed E-state index contributed by atoms with van der Waals surface area (Å²) in [5.41, 5.74) is 1.80. The molecule has 0 saturated carbocycles. The average Bonchev–Trinajstić information content (AvgIpc) is 3.01. The molecule has 1 amide bonds. The van der Waals surface area contributed by atoms with Crippen molar-refractivity contribution in [2.75, 3.05) is 6.54 Å². The molecule has 1 N–H and O–H groups in total. The van der Waals surface area contributed by atoms with Gasteiger partial charge in [0.1, 0.15) is 18.1 Å². The van der Waals surface area contributed by atoms with E-state index in [9.17, 15) is 9.90 Å². The highest BCUT2D eigenvalue weighted by atomic mass is 16.5. The Bertz CT molecular complexity index is 699. The Morgan fingerprint density at radius 2 is 2.04 bits per heavy atom. The Balaban J connectivity index is 1.72. The summed E-state index contributed by atoms with van der Waals surface area (Å²) < 4.78 is 5.89. The van der Waals surface area contributed by atoms with Crippen LogP contribution in [0.1, 0.15) is 30.9 Å². The second-order valence-corrected chi connectivity index (χ2v) is 6.32. The minimum absolute atomic E-state index is 0.0927. The molecule has 24 heavy (non-hydrogen) atoms. The number of likely N-dealkylation sites (tertiary alicyclic amines) is 1. The molecule has 0 bridgehead atoms. The number of ether oxygens (including phenoxy) is 1. The molecule has 0 aliphatic carbocycles. The Labute approximate surface area is 142 Å². The summed E-state index contributed by atoms with van der Waals surface area (Å²) in [6, 6.07) is 15.1. The first-order chi connectivity index (χ1) is 11.6. The molecule has 3 rings (SSSR count). The smallest absolute Gasteiger partial charge is 0.227 e. The van der Waals surface area contributed by atoms with E-state index < -0.39 is 0 Å². The highest BCUT2D eigenvalue weighted by Gasteiger charge is 2.25. The SMILES string of the molecule is C[C@@H]1CCCN1C(=O)Cc1cc(O)ccc1OCc1ccccc1. The zero-order valence-corrected chi connectivity index (χ0v) is 13.9. The molecule has 0 unspecified atom stereocenters. The van der Waals surface area contributed by atoms with Crippen LogP contribution >= 0.6 is 0 Å². The van der Waals surface area contributed by atoms with Crippen LogP contribution in [0.3, 0.4) is 0 Å². The fraction of sp³-hybridized carbons (Fsp3) is 0.350. The third-order valence-electron chi connectivity index (χ3n) is 4.50. The van der Waals surface area contributed by atoms with Crippen molar-refractivity contribution in [1.82, 2.24) is 4.90 Å². The van der Waals surface area contributed by atoms with Gasteiger partial charge in [-0.25, -0.2) is 0 Å². The first kappa shape index (κ1) is 16.4. The van der Waals surface area contributed by atoms with Gasteiger partial charge in [0.15, 0.2) is 0 Å². The molecule has 1 heterocycles. The summed E-state index contributed by atoms with van der Waals surface area (Å²) in [6.45, 7) is 3.34. The topological polar surface area (TPSA) is 49.8 Å². The van der Waals surface area contributed by atoms with Crippen LogP contribution in [0.4, 0.5) is 0 Å². The number of hydrogen-bond donors (Lipinski definition) is 1. The molecular formula is C20H23NO3. The maximum absolute atomic E-state index is 12.6. The molecular weight excluding hydrogens is 302 g/mol. The van der Waals surface area contributed by atoms with Gasteiger partial charge in [-0.05, 0) is 43.5 Å². The predicted molar refractivity (Wildman–Crippen MR) is 93.0 cm³/mol. The van der Waals surface area contributed by atoms with Gasteiger partial charge in [-0.15, -0.1) is 0 Å². The Kier molecular flexibility index (Phi) is 5.04. The average molecular weight is 325 g/mol. The highest BCUT2D eigenvalue weighted by molar-refractivity contribution is 5.80. The number of rotatable bonds is 5. The normalized spacial score (nSPS) is 17.0. The van der Waals surface area contributed by atoms with Crippen LogP contribution in [0, 0.1) is 0 Å². The molecule has 0 spiro atoms. The molecule has 2 aromatic carbocycles. The quantitative estimate of drug-likeness (QED) is 0.915. The summed E-state index contributed by atoms with van der Waals surface area (Å²) >= 11 is 0. The lowest BCUT2D eigenvalue weighted by molar-refractivity contribution is -0.131. The molecule has 1 saturated heterocycles. The summed E-state index contributed by atoms with van der Waals surface area (Å²) in [7, 11) is 0. The van der Waals surface area contributed by atoms with Crippen molar-refractivity contribution < 1.29 is 14.6 Å². The van der Waals surface area contributed by atoms with Crippen molar-refractivity contribution in [2.24, 2.45) is 0 Å². The van der Waals surface area contributed by atoms with E-state index in [0.717, 1.165) is 30.5 Å². The zero-order valence-electron chi connectivity index (χ0n) is 13.9. The van der Waals surface area contributed by atoms with Crippen LogP contribution in [-0.2, 0) is 17.8 Å². The molecule has 1 aliphatic rings. The van der Waals surface area contributed by atoms with Crippen LogP contribution in [0.25, 0.3) is 0 Å². The first-order valence-corrected chi connectivity index (χ1v) is 8.41. The van der Waals surface area contributed by atoms with Gasteiger partial charge in [-0.2, -0.15) is 0 Å². The van der Waals surface area contributed by atoms with Crippen molar-refractivity contribution in [3.05, 3.63) is 59.7 Å². The van der Waals surface area contributed by atoms with Crippen molar-refractivity contribution in [2.45, 2.75) is 38.8 Å². The third-order valence-corrected chi connectivity index (χ3v) is 4.50. The predicted octanol–water partition coefficient (Wildman–Crippen LogP) is 3.52. The number of carbonyl (C=O) groups is 1. The number of phenols is 1. The molecule has 1 atom stereocenters. The second kappa shape index (κ2) is 7.39. The maximum atomic E-state index is 12.6. The van der Waals surface area contributed by atoms with E-state index in [-0.39, 0.29) is 18.1 Å². The Morgan fingerprint density at radius 1 is 1.25 bits per heavy atom. The van der Waals surface area contributed by atoms with E-state index in [1.54, 1.807) is 18.2 Å². The van der Waals surface area contributed by atoms with E-state index in [1.165, 1.54) is 0 Å². The molecule has 1 fully saturated rings. The van der Waals surface area contributed by atoms with Crippen molar-refractivity contribution in [3.63, 3.8) is 0 Å². The number of nitrogens with zero attached hydrogens (tertiary/aromatic N) is 1. The number of aromatic hydroxyl groups is 1. The molecule has 0 aromatic heterocycles. The van der Waals surface area contributed by atoms with Gasteiger partial charge in [0.2, 0.25) is 5.91 Å². The maximum Gasteiger partial charge on any atom is 0.227 e.